The summed E-state index contributed by atoms with van der Waals surface area (Å²) in [6.07, 6.45) is 6.52. The molecule has 0 saturated heterocycles. The second kappa shape index (κ2) is 2.81. The average molecular weight is 168 g/mol. The van der Waals surface area contributed by atoms with Gasteiger partial charge in [0.05, 0.1) is 10.6 Å². The fourth-order valence-corrected chi connectivity index (χ4v) is 0.922. The number of hydrogen-bond acceptors (Lipinski definition) is 1. The van der Waals surface area contributed by atoms with Crippen molar-refractivity contribution in [3.05, 3.63) is 32.7 Å². The van der Waals surface area contributed by atoms with Gasteiger partial charge < -0.3 is 4.98 Å². The number of hydrogen-bond donors (Lipinski definition) is 1. The maximum Gasteiger partial charge on any atom is 0.264 e. The second-order valence-electron chi connectivity index (χ2n) is 2.11. The number of H-pyrrole nitrogens is 1. The van der Waals surface area contributed by atoms with Crippen LogP contribution < -0.4 is 5.56 Å². The Morgan fingerprint density at radius 2 is 2.36 bits per heavy atom. The molecule has 1 aromatic rings. The minimum atomic E-state index is -0.269. The zero-order valence-electron chi connectivity index (χ0n) is 5.94. The van der Waals surface area contributed by atoms with Crippen molar-refractivity contribution in [3.8, 4) is 12.3 Å². The molecule has 0 radical (unpaired) electrons. The van der Waals surface area contributed by atoms with Gasteiger partial charge in [-0.3, -0.25) is 4.79 Å². The molecule has 0 amide bonds. The van der Waals surface area contributed by atoms with Gasteiger partial charge in [0, 0.05) is 6.20 Å². The van der Waals surface area contributed by atoms with Gasteiger partial charge in [-0.25, -0.2) is 0 Å². The molecule has 0 bridgehead atoms. The van der Waals surface area contributed by atoms with E-state index < -0.39 is 0 Å². The smallest absolute Gasteiger partial charge is 0.264 e. The zero-order valence-corrected chi connectivity index (χ0v) is 6.70. The summed E-state index contributed by atoms with van der Waals surface area (Å²) in [5.41, 5.74) is 0.685. The highest BCUT2D eigenvalue weighted by Gasteiger charge is 2.03. The first kappa shape index (κ1) is 7.90. The van der Waals surface area contributed by atoms with Crippen LogP contribution in [0.5, 0.6) is 0 Å². The van der Waals surface area contributed by atoms with E-state index in [1.807, 2.05) is 0 Å². The number of halogens is 1. The zero-order chi connectivity index (χ0) is 8.43. The Kier molecular flexibility index (Phi) is 2.02. The minimum Gasteiger partial charge on any atom is -0.327 e. The van der Waals surface area contributed by atoms with Crippen LogP contribution in [0.25, 0.3) is 0 Å². The van der Waals surface area contributed by atoms with E-state index in [9.17, 15) is 4.79 Å². The molecule has 0 aliphatic heterocycles. The highest BCUT2D eigenvalue weighted by molar-refractivity contribution is 6.31. The second-order valence-corrected chi connectivity index (χ2v) is 2.52. The molecule has 1 N–H and O–H groups in total. The molecular formula is C8H6ClNO. The first-order valence-electron chi connectivity index (χ1n) is 3.01. The molecule has 1 aromatic heterocycles. The van der Waals surface area contributed by atoms with Crippen LogP contribution >= 0.6 is 11.6 Å². The quantitative estimate of drug-likeness (QED) is 0.581. The van der Waals surface area contributed by atoms with E-state index in [2.05, 4.69) is 10.9 Å². The number of aromatic nitrogens is 1. The third kappa shape index (κ3) is 1.28. The highest BCUT2D eigenvalue weighted by Crippen LogP contribution is 2.12. The largest absolute Gasteiger partial charge is 0.327 e. The van der Waals surface area contributed by atoms with Gasteiger partial charge in [0.1, 0.15) is 0 Å². The van der Waals surface area contributed by atoms with E-state index in [4.69, 9.17) is 18.0 Å². The predicted molar refractivity (Wildman–Crippen MR) is 44.7 cm³/mol. The van der Waals surface area contributed by atoms with Crippen LogP contribution in [-0.4, -0.2) is 4.98 Å². The van der Waals surface area contributed by atoms with Gasteiger partial charge in [-0.05, 0) is 12.5 Å². The molecular weight excluding hydrogens is 162 g/mol. The summed E-state index contributed by atoms with van der Waals surface area (Å²) < 4.78 is 0. The number of nitrogens with one attached hydrogen (secondary N) is 1. The molecule has 11 heavy (non-hydrogen) atoms. The maximum absolute atomic E-state index is 11.0. The molecule has 0 aromatic carbocycles. The van der Waals surface area contributed by atoms with E-state index >= 15 is 0 Å². The number of aromatic amines is 1. The molecule has 3 heteroatoms. The summed E-state index contributed by atoms with van der Waals surface area (Å²) in [7, 11) is 0. The molecule has 0 spiro atoms. The normalized spacial score (nSPS) is 9.18. The molecule has 0 saturated carbocycles. The predicted octanol–water partition coefficient (Wildman–Crippen LogP) is 1.32. The van der Waals surface area contributed by atoms with Gasteiger partial charge >= 0.3 is 0 Å². The van der Waals surface area contributed by atoms with Gasteiger partial charge in [0.15, 0.2) is 0 Å². The van der Waals surface area contributed by atoms with Crippen molar-refractivity contribution in [1.82, 2.24) is 4.98 Å². The van der Waals surface area contributed by atoms with Crippen LogP contribution in [-0.2, 0) is 0 Å². The van der Waals surface area contributed by atoms with Gasteiger partial charge in [-0.1, -0.05) is 17.5 Å². The van der Waals surface area contributed by atoms with Crippen molar-refractivity contribution in [2.45, 2.75) is 6.92 Å². The SMILES string of the molecule is C#Cc1c(C)c(Cl)c[nH]c1=O. The van der Waals surface area contributed by atoms with Crippen molar-refractivity contribution in [2.75, 3.05) is 0 Å². The van der Waals surface area contributed by atoms with Crippen LogP contribution in [0.2, 0.25) is 5.02 Å². The average Bonchev–Trinajstić information content (AvgIpc) is 1.99. The van der Waals surface area contributed by atoms with E-state index in [1.54, 1.807) is 6.92 Å². The first-order valence-corrected chi connectivity index (χ1v) is 3.39. The Morgan fingerprint density at radius 3 is 2.82 bits per heavy atom. The van der Waals surface area contributed by atoms with E-state index in [1.165, 1.54) is 6.20 Å². The van der Waals surface area contributed by atoms with Crippen molar-refractivity contribution < 1.29 is 0 Å². The summed E-state index contributed by atoms with van der Waals surface area (Å²) in [5, 5.41) is 0.484. The van der Waals surface area contributed by atoms with Crippen LogP contribution in [0.15, 0.2) is 11.0 Å². The fourth-order valence-electron chi connectivity index (χ4n) is 0.773. The van der Waals surface area contributed by atoms with Crippen molar-refractivity contribution in [3.63, 3.8) is 0 Å². The molecule has 1 heterocycles. The van der Waals surface area contributed by atoms with E-state index in [0.29, 0.717) is 16.1 Å². The fraction of sp³-hybridized carbons (Fsp3) is 0.125. The lowest BCUT2D eigenvalue weighted by Gasteiger charge is -1.97. The lowest BCUT2D eigenvalue weighted by Crippen LogP contribution is -2.10. The molecule has 0 atom stereocenters. The molecule has 0 unspecified atom stereocenters. The Balaban J connectivity index is 3.57. The third-order valence-electron chi connectivity index (χ3n) is 1.43. The van der Waals surface area contributed by atoms with Crippen molar-refractivity contribution >= 4 is 11.6 Å². The lowest BCUT2D eigenvalue weighted by molar-refractivity contribution is 1.19. The minimum absolute atomic E-state index is 0.269. The number of rotatable bonds is 0. The van der Waals surface area contributed by atoms with Gasteiger partial charge in [-0.2, -0.15) is 0 Å². The van der Waals surface area contributed by atoms with E-state index in [0.717, 1.165) is 0 Å². The first-order chi connectivity index (χ1) is 5.16. The van der Waals surface area contributed by atoms with Crippen LogP contribution in [0, 0.1) is 19.3 Å². The summed E-state index contributed by atoms with van der Waals surface area (Å²) in [6.45, 7) is 1.72. The maximum atomic E-state index is 11.0. The van der Waals surface area contributed by atoms with E-state index in [-0.39, 0.29) is 5.56 Å². The molecule has 0 fully saturated rings. The number of terminal acetylenes is 1. The van der Waals surface area contributed by atoms with Crippen molar-refractivity contribution in [2.24, 2.45) is 0 Å². The Hall–Kier alpha value is -1.20. The van der Waals surface area contributed by atoms with Gasteiger partial charge in [-0.15, -0.1) is 6.42 Å². The molecule has 0 aliphatic rings. The highest BCUT2D eigenvalue weighted by atomic mass is 35.5. The summed E-state index contributed by atoms with van der Waals surface area (Å²) in [5.74, 6) is 2.28. The summed E-state index contributed by atoms with van der Waals surface area (Å²) in [4.78, 5) is 13.4. The van der Waals surface area contributed by atoms with Crippen LogP contribution in [0.3, 0.4) is 0 Å². The lowest BCUT2D eigenvalue weighted by atomic mass is 10.2. The summed E-state index contributed by atoms with van der Waals surface area (Å²) >= 11 is 5.70. The number of pyridine rings is 1. The molecule has 1 rings (SSSR count). The Morgan fingerprint density at radius 1 is 1.73 bits per heavy atom. The van der Waals surface area contributed by atoms with Crippen LogP contribution in [0.4, 0.5) is 0 Å². The Bertz CT molecular complexity index is 373. The van der Waals surface area contributed by atoms with Gasteiger partial charge in [0.25, 0.3) is 5.56 Å². The third-order valence-corrected chi connectivity index (χ3v) is 1.83. The molecule has 56 valence electrons. The monoisotopic (exact) mass is 167 g/mol. The van der Waals surface area contributed by atoms with Gasteiger partial charge in [0.2, 0.25) is 0 Å². The Labute approximate surface area is 69.2 Å². The van der Waals surface area contributed by atoms with Crippen molar-refractivity contribution in [1.29, 1.82) is 0 Å². The topological polar surface area (TPSA) is 32.9 Å². The standard InChI is InChI=1S/C8H6ClNO/c1-3-6-5(2)7(9)4-10-8(6)11/h1,4H,2H3,(H,10,11). The molecule has 0 aliphatic carbocycles. The van der Waals surface area contributed by atoms with Crippen LogP contribution in [0.1, 0.15) is 11.1 Å². The summed E-state index contributed by atoms with van der Waals surface area (Å²) in [6, 6.07) is 0. The molecule has 2 nitrogen and oxygen atoms in total.